The lowest BCUT2D eigenvalue weighted by molar-refractivity contribution is 0.0936. The number of carbonyl (C=O) groups excluding carboxylic acids is 1. The molecule has 27 heavy (non-hydrogen) atoms. The van der Waals surface area contributed by atoms with Gasteiger partial charge in [-0.25, -0.2) is 4.39 Å². The molecule has 0 unspecified atom stereocenters. The number of carbonyl (C=O) groups is 1. The minimum absolute atomic E-state index is 0.0880. The van der Waals surface area contributed by atoms with Gasteiger partial charge in [0.1, 0.15) is 5.82 Å². The van der Waals surface area contributed by atoms with Gasteiger partial charge in [0.25, 0.3) is 5.91 Å². The molecule has 1 aliphatic rings. The number of benzene rings is 2. The fourth-order valence-corrected chi connectivity index (χ4v) is 5.06. The molecule has 2 aromatic heterocycles. The van der Waals surface area contributed by atoms with Gasteiger partial charge in [0.2, 0.25) is 0 Å². The molecule has 1 amide bonds. The molecule has 0 aliphatic heterocycles. The normalized spacial score (nSPS) is 16.6. The van der Waals surface area contributed by atoms with Gasteiger partial charge in [0.15, 0.2) is 0 Å². The Morgan fingerprint density at radius 1 is 1.22 bits per heavy atom. The standard InChI is InChI=1S/C21H16ClFN2OS/c22-12-4-7-18-11(8-12)9-19(27-18)21(26)25-17-3-1-2-14-15-10-13(23)5-6-16(15)24-20(14)17/h4-10,17,24H,1-3H2,(H,25,26)/t17-/m1/s1. The second-order valence-corrected chi connectivity index (χ2v) is 8.44. The highest BCUT2D eigenvalue weighted by atomic mass is 35.5. The molecule has 2 N–H and O–H groups in total. The monoisotopic (exact) mass is 398 g/mol. The van der Waals surface area contributed by atoms with Crippen molar-refractivity contribution in [2.75, 3.05) is 0 Å². The van der Waals surface area contributed by atoms with Crippen molar-refractivity contribution in [2.45, 2.75) is 25.3 Å². The molecule has 0 fully saturated rings. The summed E-state index contributed by atoms with van der Waals surface area (Å²) in [5, 5.41) is 5.71. The highest BCUT2D eigenvalue weighted by molar-refractivity contribution is 7.20. The van der Waals surface area contributed by atoms with E-state index in [2.05, 4.69) is 10.3 Å². The molecule has 136 valence electrons. The first-order valence-corrected chi connectivity index (χ1v) is 10.1. The Morgan fingerprint density at radius 2 is 2.11 bits per heavy atom. The second-order valence-electron chi connectivity index (χ2n) is 6.92. The predicted molar refractivity (Wildman–Crippen MR) is 108 cm³/mol. The summed E-state index contributed by atoms with van der Waals surface area (Å²) >= 11 is 7.50. The quantitative estimate of drug-likeness (QED) is 0.428. The van der Waals surface area contributed by atoms with E-state index in [4.69, 9.17) is 11.6 Å². The van der Waals surface area contributed by atoms with E-state index in [-0.39, 0.29) is 17.8 Å². The summed E-state index contributed by atoms with van der Waals surface area (Å²) in [6, 6.07) is 12.2. The van der Waals surface area contributed by atoms with Crippen LogP contribution in [0.25, 0.3) is 21.0 Å². The molecule has 6 heteroatoms. The Bertz CT molecular complexity index is 1200. The summed E-state index contributed by atoms with van der Waals surface area (Å²) in [6.07, 6.45) is 2.72. The molecule has 0 radical (unpaired) electrons. The van der Waals surface area contributed by atoms with Crippen molar-refractivity contribution in [3.8, 4) is 0 Å². The van der Waals surface area contributed by atoms with Gasteiger partial charge in [-0.2, -0.15) is 0 Å². The van der Waals surface area contributed by atoms with Crippen LogP contribution >= 0.6 is 22.9 Å². The Kier molecular flexibility index (Phi) is 3.95. The third kappa shape index (κ3) is 2.91. The summed E-state index contributed by atoms with van der Waals surface area (Å²) in [4.78, 5) is 16.9. The zero-order valence-corrected chi connectivity index (χ0v) is 15.9. The lowest BCUT2D eigenvalue weighted by Crippen LogP contribution is -2.30. The van der Waals surface area contributed by atoms with E-state index in [1.54, 1.807) is 12.1 Å². The minimum atomic E-state index is -0.237. The first-order chi connectivity index (χ1) is 13.1. The number of amides is 1. The number of hydrogen-bond acceptors (Lipinski definition) is 2. The molecule has 0 bridgehead atoms. The molecule has 4 aromatic rings. The van der Waals surface area contributed by atoms with E-state index in [0.717, 1.165) is 51.5 Å². The van der Waals surface area contributed by atoms with Crippen LogP contribution in [0.15, 0.2) is 42.5 Å². The van der Waals surface area contributed by atoms with Gasteiger partial charge in [-0.05, 0) is 72.7 Å². The number of H-pyrrole nitrogens is 1. The summed E-state index contributed by atoms with van der Waals surface area (Å²) in [6.45, 7) is 0. The maximum absolute atomic E-state index is 13.7. The van der Waals surface area contributed by atoms with Crippen LogP contribution in [0.2, 0.25) is 5.02 Å². The van der Waals surface area contributed by atoms with Crippen LogP contribution in [0.4, 0.5) is 4.39 Å². The summed E-state index contributed by atoms with van der Waals surface area (Å²) in [7, 11) is 0. The van der Waals surface area contributed by atoms with Gasteiger partial charge >= 0.3 is 0 Å². The maximum Gasteiger partial charge on any atom is 0.261 e. The predicted octanol–water partition coefficient (Wildman–Crippen LogP) is 5.98. The number of rotatable bonds is 2. The second kappa shape index (κ2) is 6.36. The van der Waals surface area contributed by atoms with Crippen molar-refractivity contribution < 1.29 is 9.18 Å². The molecular weight excluding hydrogens is 383 g/mol. The number of fused-ring (bicyclic) bond motifs is 4. The fraction of sp³-hybridized carbons (Fsp3) is 0.190. The number of nitrogens with one attached hydrogen (secondary N) is 2. The number of halogens is 2. The zero-order valence-electron chi connectivity index (χ0n) is 14.3. The summed E-state index contributed by atoms with van der Waals surface area (Å²) < 4.78 is 14.7. The van der Waals surface area contributed by atoms with Crippen LogP contribution in [-0.4, -0.2) is 10.9 Å². The number of aromatic amines is 1. The van der Waals surface area contributed by atoms with Crippen molar-refractivity contribution in [1.82, 2.24) is 10.3 Å². The van der Waals surface area contributed by atoms with E-state index in [9.17, 15) is 9.18 Å². The van der Waals surface area contributed by atoms with Crippen LogP contribution in [0.1, 0.15) is 39.8 Å². The average molecular weight is 399 g/mol. The Morgan fingerprint density at radius 3 is 3.00 bits per heavy atom. The Labute approximate surface area is 164 Å². The molecule has 5 rings (SSSR count). The third-order valence-corrected chi connectivity index (χ3v) is 6.53. The molecule has 0 saturated carbocycles. The molecule has 2 heterocycles. The van der Waals surface area contributed by atoms with Crippen LogP contribution < -0.4 is 5.32 Å². The third-order valence-electron chi connectivity index (χ3n) is 5.18. The number of hydrogen-bond donors (Lipinski definition) is 2. The fourth-order valence-electron chi connectivity index (χ4n) is 3.93. The van der Waals surface area contributed by atoms with Crippen molar-refractivity contribution in [3.63, 3.8) is 0 Å². The number of aromatic nitrogens is 1. The smallest absolute Gasteiger partial charge is 0.261 e. The Hall–Kier alpha value is -2.37. The first-order valence-electron chi connectivity index (χ1n) is 8.88. The van der Waals surface area contributed by atoms with E-state index in [1.807, 2.05) is 24.3 Å². The van der Waals surface area contributed by atoms with Gasteiger partial charge in [-0.3, -0.25) is 4.79 Å². The molecule has 3 nitrogen and oxygen atoms in total. The minimum Gasteiger partial charge on any atom is -0.356 e. The van der Waals surface area contributed by atoms with Crippen LogP contribution in [-0.2, 0) is 6.42 Å². The van der Waals surface area contributed by atoms with Crippen LogP contribution in [0.5, 0.6) is 0 Å². The van der Waals surface area contributed by atoms with Crippen LogP contribution in [0, 0.1) is 5.82 Å². The summed E-state index contributed by atoms with van der Waals surface area (Å²) in [5.41, 5.74) is 3.03. The number of thiophene rings is 1. The van der Waals surface area contributed by atoms with Crippen molar-refractivity contribution >= 4 is 49.8 Å². The molecular formula is C21H16ClFN2OS. The maximum atomic E-state index is 13.7. The van der Waals surface area contributed by atoms with E-state index in [1.165, 1.54) is 17.4 Å². The van der Waals surface area contributed by atoms with Gasteiger partial charge < -0.3 is 10.3 Å². The van der Waals surface area contributed by atoms with Crippen molar-refractivity contribution in [2.24, 2.45) is 0 Å². The van der Waals surface area contributed by atoms with E-state index in [0.29, 0.717) is 9.90 Å². The molecule has 2 aromatic carbocycles. The highest BCUT2D eigenvalue weighted by Crippen LogP contribution is 2.36. The molecule has 0 saturated heterocycles. The van der Waals surface area contributed by atoms with Gasteiger partial charge in [-0.15, -0.1) is 11.3 Å². The van der Waals surface area contributed by atoms with Crippen molar-refractivity contribution in [1.29, 1.82) is 0 Å². The highest BCUT2D eigenvalue weighted by Gasteiger charge is 2.26. The molecule has 1 atom stereocenters. The average Bonchev–Trinajstić information content (AvgIpc) is 3.23. The first kappa shape index (κ1) is 16.8. The van der Waals surface area contributed by atoms with Crippen molar-refractivity contribution in [3.05, 3.63) is 69.4 Å². The summed E-state index contributed by atoms with van der Waals surface area (Å²) in [5.74, 6) is -0.325. The number of aryl methyl sites for hydroxylation is 1. The van der Waals surface area contributed by atoms with Crippen LogP contribution in [0.3, 0.4) is 0 Å². The Balaban J connectivity index is 1.47. The molecule has 1 aliphatic carbocycles. The van der Waals surface area contributed by atoms with E-state index < -0.39 is 0 Å². The SMILES string of the molecule is O=C(N[C@@H]1CCCc2c1[nH]c1ccc(F)cc21)c1cc2cc(Cl)ccc2s1. The topological polar surface area (TPSA) is 44.9 Å². The molecule has 0 spiro atoms. The lowest BCUT2D eigenvalue weighted by Gasteiger charge is -2.23. The lowest BCUT2D eigenvalue weighted by atomic mass is 9.91. The van der Waals surface area contributed by atoms with Gasteiger partial charge in [0.05, 0.1) is 10.9 Å². The zero-order chi connectivity index (χ0) is 18.5. The van der Waals surface area contributed by atoms with Gasteiger partial charge in [0, 0.05) is 26.3 Å². The van der Waals surface area contributed by atoms with Gasteiger partial charge in [-0.1, -0.05) is 11.6 Å². The van der Waals surface area contributed by atoms with E-state index >= 15 is 0 Å². The largest absolute Gasteiger partial charge is 0.356 e.